The predicted octanol–water partition coefficient (Wildman–Crippen LogP) is 2.24. The minimum absolute atomic E-state index is 0.0112. The van der Waals surface area contributed by atoms with Crippen LogP contribution in [0.15, 0.2) is 35.4 Å². The first-order chi connectivity index (χ1) is 12.2. The first kappa shape index (κ1) is 17.9. The standard InChI is InChI=1S/C16H16F3N5O2/c1-9-7-13(22-14(20)21-9)24-15(25,16(17,18)19)8-11(23-24)10-5-3-4-6-12(10)26-2/h3-7,25H,8H2,1-2H3,(H2,20,21,22). The molecule has 3 N–H and O–H groups in total. The topological polar surface area (TPSA) is 96.9 Å². The van der Waals surface area contributed by atoms with Gasteiger partial charge < -0.3 is 15.6 Å². The number of halogens is 3. The fourth-order valence-corrected chi connectivity index (χ4v) is 2.72. The summed E-state index contributed by atoms with van der Waals surface area (Å²) >= 11 is 0. The molecule has 0 aliphatic carbocycles. The Morgan fingerprint density at radius 1 is 1.27 bits per heavy atom. The SMILES string of the molecule is COc1ccccc1C1=NN(c2cc(C)nc(N)n2)C(O)(C(F)(F)F)C1. The monoisotopic (exact) mass is 367 g/mol. The van der Waals surface area contributed by atoms with Crippen LogP contribution in [-0.2, 0) is 0 Å². The number of nitrogens with zero attached hydrogens (tertiary/aromatic N) is 4. The number of ether oxygens (including phenoxy) is 1. The zero-order valence-electron chi connectivity index (χ0n) is 13.9. The smallest absolute Gasteiger partial charge is 0.438 e. The molecular weight excluding hydrogens is 351 g/mol. The maximum Gasteiger partial charge on any atom is 0.438 e. The van der Waals surface area contributed by atoms with Crippen molar-refractivity contribution in [3.05, 3.63) is 41.6 Å². The highest BCUT2D eigenvalue weighted by Crippen LogP contribution is 2.44. The summed E-state index contributed by atoms with van der Waals surface area (Å²) in [4.78, 5) is 7.62. The second-order valence-electron chi connectivity index (χ2n) is 5.78. The van der Waals surface area contributed by atoms with Gasteiger partial charge in [-0.05, 0) is 19.1 Å². The average Bonchev–Trinajstić information content (AvgIpc) is 2.93. The number of aryl methyl sites for hydroxylation is 1. The minimum atomic E-state index is -4.99. The van der Waals surface area contributed by atoms with Crippen LogP contribution in [0.5, 0.6) is 5.75 Å². The van der Waals surface area contributed by atoms with Gasteiger partial charge in [-0.1, -0.05) is 12.1 Å². The van der Waals surface area contributed by atoms with Crippen molar-refractivity contribution in [1.29, 1.82) is 0 Å². The van der Waals surface area contributed by atoms with Gasteiger partial charge in [-0.3, -0.25) is 0 Å². The van der Waals surface area contributed by atoms with E-state index >= 15 is 0 Å². The maximum absolute atomic E-state index is 13.7. The summed E-state index contributed by atoms with van der Waals surface area (Å²) in [6.45, 7) is 1.55. The first-order valence-corrected chi connectivity index (χ1v) is 7.57. The number of para-hydroxylation sites is 1. The van der Waals surface area contributed by atoms with Crippen molar-refractivity contribution >= 4 is 17.5 Å². The van der Waals surface area contributed by atoms with Crippen LogP contribution in [0.25, 0.3) is 0 Å². The van der Waals surface area contributed by atoms with E-state index in [9.17, 15) is 18.3 Å². The summed E-state index contributed by atoms with van der Waals surface area (Å²) < 4.78 is 46.2. The second kappa shape index (κ2) is 6.13. The van der Waals surface area contributed by atoms with Crippen molar-refractivity contribution < 1.29 is 23.0 Å². The fourth-order valence-electron chi connectivity index (χ4n) is 2.72. The van der Waals surface area contributed by atoms with Gasteiger partial charge in [0.15, 0.2) is 5.82 Å². The number of aliphatic hydroxyl groups is 1. The number of hydrogen-bond acceptors (Lipinski definition) is 7. The summed E-state index contributed by atoms with van der Waals surface area (Å²) in [5.41, 5.74) is 2.97. The largest absolute Gasteiger partial charge is 0.496 e. The van der Waals surface area contributed by atoms with Gasteiger partial charge in [0.2, 0.25) is 5.95 Å². The number of nitrogen functional groups attached to an aromatic ring is 1. The minimum Gasteiger partial charge on any atom is -0.496 e. The third-order valence-corrected chi connectivity index (χ3v) is 3.93. The molecule has 0 fully saturated rings. The molecular formula is C16H16F3N5O2. The maximum atomic E-state index is 13.7. The molecule has 0 amide bonds. The van der Waals surface area contributed by atoms with E-state index in [0.29, 0.717) is 22.0 Å². The molecule has 1 aliphatic rings. The average molecular weight is 367 g/mol. The van der Waals surface area contributed by atoms with E-state index in [1.165, 1.54) is 13.2 Å². The second-order valence-corrected chi connectivity index (χ2v) is 5.78. The number of rotatable bonds is 3. The molecule has 26 heavy (non-hydrogen) atoms. The quantitative estimate of drug-likeness (QED) is 0.864. The van der Waals surface area contributed by atoms with Gasteiger partial charge in [-0.15, -0.1) is 0 Å². The van der Waals surface area contributed by atoms with Crippen LogP contribution in [0.1, 0.15) is 17.7 Å². The highest BCUT2D eigenvalue weighted by Gasteiger charge is 2.62. The Hall–Kier alpha value is -2.88. The van der Waals surface area contributed by atoms with Crippen molar-refractivity contribution in [2.75, 3.05) is 17.9 Å². The van der Waals surface area contributed by atoms with Crippen molar-refractivity contribution in [2.45, 2.75) is 25.2 Å². The van der Waals surface area contributed by atoms with Crippen LogP contribution in [0.2, 0.25) is 0 Å². The number of nitrogens with two attached hydrogens (primary N) is 1. The summed E-state index contributed by atoms with van der Waals surface area (Å²) in [6, 6.07) is 7.75. The lowest BCUT2D eigenvalue weighted by atomic mass is 10.00. The van der Waals surface area contributed by atoms with Crippen molar-refractivity contribution in [1.82, 2.24) is 9.97 Å². The van der Waals surface area contributed by atoms with Crippen molar-refractivity contribution in [3.8, 4) is 5.75 Å². The van der Waals surface area contributed by atoms with E-state index in [2.05, 4.69) is 15.1 Å². The Morgan fingerprint density at radius 3 is 2.58 bits per heavy atom. The molecule has 0 saturated heterocycles. The molecule has 1 atom stereocenters. The molecule has 2 aromatic rings. The van der Waals surface area contributed by atoms with Crippen LogP contribution in [0.3, 0.4) is 0 Å². The zero-order chi connectivity index (χ0) is 19.1. The molecule has 0 saturated carbocycles. The van der Waals surface area contributed by atoms with E-state index in [1.54, 1.807) is 31.2 Å². The van der Waals surface area contributed by atoms with Gasteiger partial charge in [0, 0.05) is 17.3 Å². The molecule has 10 heteroatoms. The third kappa shape index (κ3) is 2.92. The lowest BCUT2D eigenvalue weighted by Crippen LogP contribution is -2.55. The molecule has 138 valence electrons. The van der Waals surface area contributed by atoms with E-state index < -0.39 is 18.3 Å². The van der Waals surface area contributed by atoms with Gasteiger partial charge in [-0.25, -0.2) is 9.99 Å². The van der Waals surface area contributed by atoms with Crippen molar-refractivity contribution in [3.63, 3.8) is 0 Å². The highest BCUT2D eigenvalue weighted by atomic mass is 19.4. The van der Waals surface area contributed by atoms with Crippen LogP contribution in [0, 0.1) is 6.92 Å². The Labute approximate surface area is 146 Å². The van der Waals surface area contributed by atoms with Gasteiger partial charge in [0.25, 0.3) is 5.72 Å². The van der Waals surface area contributed by atoms with Crippen LogP contribution >= 0.6 is 0 Å². The number of hydrazone groups is 1. The Bertz CT molecular complexity index is 851. The summed E-state index contributed by atoms with van der Waals surface area (Å²) in [5, 5.41) is 14.9. The van der Waals surface area contributed by atoms with E-state index in [-0.39, 0.29) is 17.5 Å². The molecule has 0 spiro atoms. The fraction of sp³-hybridized carbons (Fsp3) is 0.312. The Kier molecular flexibility index (Phi) is 4.23. The summed E-state index contributed by atoms with van der Waals surface area (Å²) in [7, 11) is 1.40. The van der Waals surface area contributed by atoms with E-state index in [1.807, 2.05) is 0 Å². The zero-order valence-corrected chi connectivity index (χ0v) is 13.9. The van der Waals surface area contributed by atoms with Crippen molar-refractivity contribution in [2.24, 2.45) is 5.10 Å². The molecule has 1 unspecified atom stereocenters. The summed E-state index contributed by atoms with van der Waals surface area (Å²) in [5.74, 6) is -0.124. The molecule has 0 bridgehead atoms. The Balaban J connectivity index is 2.15. The molecule has 2 heterocycles. The number of hydrogen-bond donors (Lipinski definition) is 2. The Morgan fingerprint density at radius 2 is 1.96 bits per heavy atom. The molecule has 0 radical (unpaired) electrons. The highest BCUT2D eigenvalue weighted by molar-refractivity contribution is 6.05. The van der Waals surface area contributed by atoms with Crippen LogP contribution in [0.4, 0.5) is 24.9 Å². The van der Waals surface area contributed by atoms with Gasteiger partial charge in [-0.2, -0.15) is 23.3 Å². The molecule has 7 nitrogen and oxygen atoms in total. The number of alkyl halides is 3. The van der Waals surface area contributed by atoms with E-state index in [4.69, 9.17) is 10.5 Å². The lowest BCUT2D eigenvalue weighted by molar-refractivity contribution is -0.254. The van der Waals surface area contributed by atoms with E-state index in [0.717, 1.165) is 0 Å². The van der Waals surface area contributed by atoms with Gasteiger partial charge >= 0.3 is 6.18 Å². The van der Waals surface area contributed by atoms with Gasteiger partial charge in [0.05, 0.1) is 19.2 Å². The number of methoxy groups -OCH3 is 1. The first-order valence-electron chi connectivity index (χ1n) is 7.57. The number of benzene rings is 1. The number of aromatic nitrogens is 2. The molecule has 3 rings (SSSR count). The van der Waals surface area contributed by atoms with Crippen LogP contribution < -0.4 is 15.5 Å². The number of anilines is 2. The van der Waals surface area contributed by atoms with Gasteiger partial charge in [0.1, 0.15) is 5.75 Å². The molecule has 1 aromatic heterocycles. The lowest BCUT2D eigenvalue weighted by Gasteiger charge is -2.33. The summed E-state index contributed by atoms with van der Waals surface area (Å²) in [6.07, 6.45) is -5.78. The normalized spacial score (nSPS) is 20.2. The predicted molar refractivity (Wildman–Crippen MR) is 88.8 cm³/mol. The van der Waals surface area contributed by atoms with Crippen LogP contribution in [-0.4, -0.2) is 39.8 Å². The molecule has 1 aromatic carbocycles. The third-order valence-electron chi connectivity index (χ3n) is 3.93. The molecule has 1 aliphatic heterocycles.